The average molecular weight is 577 g/mol. The van der Waals surface area contributed by atoms with Gasteiger partial charge in [0.15, 0.2) is 23.3 Å². The molecular formula is C36H32N8. The zero-order valence-corrected chi connectivity index (χ0v) is 25.2. The molecule has 0 aliphatic carbocycles. The molecule has 2 N–H and O–H groups in total. The van der Waals surface area contributed by atoms with Crippen molar-refractivity contribution in [1.29, 1.82) is 0 Å². The van der Waals surface area contributed by atoms with Gasteiger partial charge in [-0.05, 0) is 27.7 Å². The smallest absolute Gasteiger partial charge is 0.164 e. The van der Waals surface area contributed by atoms with Crippen molar-refractivity contribution in [2.75, 3.05) is 0 Å². The first-order valence-corrected chi connectivity index (χ1v) is 14.5. The number of benzene rings is 1. The monoisotopic (exact) mass is 576 g/mol. The minimum Gasteiger partial charge on any atom is -0.324 e. The molecule has 3 aromatic heterocycles. The summed E-state index contributed by atoms with van der Waals surface area (Å²) in [6.45, 7) is 16.0. The lowest BCUT2D eigenvalue weighted by Gasteiger charge is -1.97. The molecule has 2 aliphatic rings. The van der Waals surface area contributed by atoms with Crippen LogP contribution in [0.2, 0.25) is 0 Å². The third-order valence-corrected chi connectivity index (χ3v) is 7.29. The summed E-state index contributed by atoms with van der Waals surface area (Å²) in [5.41, 5.74) is 9.24. The molecule has 4 aromatic rings. The highest BCUT2D eigenvalue weighted by atomic mass is 15.1. The van der Waals surface area contributed by atoms with Gasteiger partial charge in [-0.1, -0.05) is 98.2 Å². The molecule has 0 saturated heterocycles. The van der Waals surface area contributed by atoms with Crippen molar-refractivity contribution in [2.24, 2.45) is 0 Å². The fourth-order valence-corrected chi connectivity index (χ4v) is 5.42. The lowest BCUT2D eigenvalue weighted by molar-refractivity contribution is 1.12. The minimum atomic E-state index is 0.497. The summed E-state index contributed by atoms with van der Waals surface area (Å²) >= 11 is 0. The van der Waals surface area contributed by atoms with Crippen LogP contribution in [0.15, 0.2) is 73.9 Å². The molecule has 216 valence electrons. The van der Waals surface area contributed by atoms with Crippen LogP contribution < -0.4 is 0 Å². The van der Waals surface area contributed by atoms with Crippen LogP contribution in [0, 0.1) is 0 Å². The van der Waals surface area contributed by atoms with Crippen molar-refractivity contribution in [3.8, 4) is 22.8 Å². The first kappa shape index (κ1) is 28.4. The molecule has 44 heavy (non-hydrogen) atoms. The van der Waals surface area contributed by atoms with E-state index in [-0.39, 0.29) is 0 Å². The Kier molecular flexibility index (Phi) is 7.64. The van der Waals surface area contributed by atoms with Crippen LogP contribution in [0.1, 0.15) is 61.6 Å². The lowest BCUT2D eigenvalue weighted by atomic mass is 10.1. The topological polar surface area (TPSA) is 109 Å². The van der Waals surface area contributed by atoms with Crippen molar-refractivity contribution < 1.29 is 0 Å². The van der Waals surface area contributed by atoms with Crippen molar-refractivity contribution in [1.82, 2.24) is 39.9 Å². The highest BCUT2D eigenvalue weighted by molar-refractivity contribution is 5.99. The maximum atomic E-state index is 5.06. The number of hydrogen-bond acceptors (Lipinski definition) is 6. The highest BCUT2D eigenvalue weighted by Gasteiger charge is 2.22. The Morgan fingerprint density at radius 1 is 0.477 bits per heavy atom. The number of nitrogens with one attached hydrogen (secondary N) is 2. The molecule has 0 amide bonds. The summed E-state index contributed by atoms with van der Waals surface area (Å²) < 4.78 is 0. The molecule has 0 fully saturated rings. The zero-order valence-electron chi connectivity index (χ0n) is 25.2. The second-order valence-corrected chi connectivity index (χ2v) is 10.0. The Labute approximate surface area is 255 Å². The van der Waals surface area contributed by atoms with E-state index in [0.29, 0.717) is 45.9 Å². The molecule has 8 bridgehead atoms. The predicted molar refractivity (Wildman–Crippen MR) is 183 cm³/mol. The number of allylic oxidation sites excluding steroid dienone is 8. The van der Waals surface area contributed by atoms with Crippen molar-refractivity contribution in [2.45, 2.75) is 27.7 Å². The molecule has 1 aromatic carbocycles. The van der Waals surface area contributed by atoms with Crippen LogP contribution in [-0.4, -0.2) is 39.9 Å². The van der Waals surface area contributed by atoms with Gasteiger partial charge >= 0.3 is 0 Å². The Morgan fingerprint density at radius 3 is 1.34 bits per heavy atom. The third-order valence-electron chi connectivity index (χ3n) is 7.29. The lowest BCUT2D eigenvalue weighted by Crippen LogP contribution is -1.88. The molecule has 0 atom stereocenters. The Bertz CT molecular complexity index is 2150. The van der Waals surface area contributed by atoms with Gasteiger partial charge in [0.05, 0.1) is 0 Å². The van der Waals surface area contributed by atoms with E-state index in [4.69, 9.17) is 29.9 Å². The van der Waals surface area contributed by atoms with Crippen molar-refractivity contribution >= 4 is 58.0 Å². The van der Waals surface area contributed by atoms with Crippen LogP contribution in [0.3, 0.4) is 0 Å². The quantitative estimate of drug-likeness (QED) is 0.209. The number of fused-ring (bicyclic) bond motifs is 11. The summed E-state index contributed by atoms with van der Waals surface area (Å²) in [4.78, 5) is 36.9. The third kappa shape index (κ3) is 4.76. The van der Waals surface area contributed by atoms with Gasteiger partial charge in [-0.25, -0.2) is 29.9 Å². The van der Waals surface area contributed by atoms with E-state index >= 15 is 0 Å². The largest absolute Gasteiger partial charge is 0.324 e. The zero-order chi connectivity index (χ0) is 30.8. The summed E-state index contributed by atoms with van der Waals surface area (Å²) in [7, 11) is 0. The van der Waals surface area contributed by atoms with E-state index in [1.807, 2.05) is 101 Å². The van der Waals surface area contributed by atoms with Gasteiger partial charge in [0.2, 0.25) is 0 Å². The fraction of sp³-hybridized carbons (Fsp3) is 0.111. The maximum absolute atomic E-state index is 5.06. The maximum Gasteiger partial charge on any atom is 0.164 e. The molecule has 2 aliphatic heterocycles. The van der Waals surface area contributed by atoms with Gasteiger partial charge in [-0.2, -0.15) is 0 Å². The van der Waals surface area contributed by atoms with Crippen LogP contribution in [-0.2, 0) is 0 Å². The molecule has 5 heterocycles. The van der Waals surface area contributed by atoms with E-state index in [1.54, 1.807) is 12.2 Å². The number of aromatic nitrogens is 8. The summed E-state index contributed by atoms with van der Waals surface area (Å²) in [5.74, 6) is 2.11. The summed E-state index contributed by atoms with van der Waals surface area (Å²) in [5, 5.41) is 0. The van der Waals surface area contributed by atoms with E-state index in [9.17, 15) is 0 Å². The summed E-state index contributed by atoms with van der Waals surface area (Å²) in [6, 6.07) is 7.97. The van der Waals surface area contributed by atoms with E-state index in [2.05, 4.69) is 23.1 Å². The van der Waals surface area contributed by atoms with Crippen molar-refractivity contribution in [3.63, 3.8) is 0 Å². The molecule has 8 heteroatoms. The summed E-state index contributed by atoms with van der Waals surface area (Å²) in [6.07, 6.45) is 19.4. The van der Waals surface area contributed by atoms with Gasteiger partial charge in [0, 0.05) is 44.5 Å². The standard InChI is InChI=1S/C36H32N8/c1-7-15-23-21(11-5)29-37-31(23)41-32-24(16-8-2)22(12-6)30(38-32)40-35-27-19-13-14-20-28(27)36(44-35)43-34-26(18-10-4)25(17-9-3)33(39-29)42-34/h7-20H,5-6H2,1-4H3,(H2,37,38,39,40,41,42,43,44)/b15-7-,16-8-,17-9-,18-10-. The van der Waals surface area contributed by atoms with Gasteiger partial charge in [-0.3, -0.25) is 0 Å². The Balaban J connectivity index is 1.88. The SMILES string of the molecule is C=CC1=C(/C=C\C)c2nc1nc1[nH]c(nc3nc(nc4[nH]c(n2)c(/C=C\C)c4C=C)-c2ccccc2-3)c(/C=C\C)c1/C=C\C. The van der Waals surface area contributed by atoms with Gasteiger partial charge in [-0.15, -0.1) is 0 Å². The van der Waals surface area contributed by atoms with Crippen LogP contribution in [0.25, 0.3) is 80.8 Å². The number of rotatable bonds is 6. The molecule has 0 spiro atoms. The number of aromatic amines is 2. The first-order valence-electron chi connectivity index (χ1n) is 14.5. The van der Waals surface area contributed by atoms with Crippen LogP contribution in [0.5, 0.6) is 0 Å². The van der Waals surface area contributed by atoms with Gasteiger partial charge in [0.25, 0.3) is 0 Å². The Morgan fingerprint density at radius 2 is 0.886 bits per heavy atom. The van der Waals surface area contributed by atoms with E-state index in [1.165, 1.54) is 0 Å². The molecule has 0 unspecified atom stereocenters. The van der Waals surface area contributed by atoms with Gasteiger partial charge in [0.1, 0.15) is 22.6 Å². The van der Waals surface area contributed by atoms with E-state index < -0.39 is 0 Å². The minimum absolute atomic E-state index is 0.497. The van der Waals surface area contributed by atoms with Gasteiger partial charge < -0.3 is 9.97 Å². The fourth-order valence-electron chi connectivity index (χ4n) is 5.42. The normalized spacial score (nSPS) is 13.2. The van der Waals surface area contributed by atoms with Crippen molar-refractivity contribution in [3.05, 3.63) is 108 Å². The van der Waals surface area contributed by atoms with E-state index in [0.717, 1.165) is 44.5 Å². The second kappa shape index (κ2) is 11.9. The number of nitrogens with zero attached hydrogens (tertiary/aromatic N) is 6. The Hall–Kier alpha value is -5.76. The number of H-pyrrole nitrogens is 2. The molecule has 8 nitrogen and oxygen atoms in total. The van der Waals surface area contributed by atoms with Crippen LogP contribution in [0.4, 0.5) is 0 Å². The second-order valence-electron chi connectivity index (χ2n) is 10.0. The molecule has 0 radical (unpaired) electrons. The first-order chi connectivity index (χ1) is 21.5. The average Bonchev–Trinajstić information content (AvgIpc) is 3.73. The number of hydrogen-bond donors (Lipinski definition) is 2. The predicted octanol–water partition coefficient (Wildman–Crippen LogP) is 8.64. The molecule has 0 saturated carbocycles. The highest BCUT2D eigenvalue weighted by Crippen LogP contribution is 2.35. The van der Waals surface area contributed by atoms with Crippen LogP contribution >= 0.6 is 0 Å². The molecule has 6 rings (SSSR count). The molecular weight excluding hydrogens is 544 g/mol.